The Morgan fingerprint density at radius 1 is 1.27 bits per heavy atom. The predicted octanol–water partition coefficient (Wildman–Crippen LogP) is 2.32. The molecule has 1 amide bonds. The summed E-state index contributed by atoms with van der Waals surface area (Å²) in [6.07, 6.45) is 4.27. The van der Waals surface area contributed by atoms with E-state index < -0.39 is 0 Å². The van der Waals surface area contributed by atoms with Crippen molar-refractivity contribution in [3.05, 3.63) is 35.9 Å². The molecule has 0 radical (unpaired) electrons. The molecule has 2 unspecified atom stereocenters. The zero-order valence-corrected chi connectivity index (χ0v) is 15.2. The molecule has 0 aliphatic carbocycles. The van der Waals surface area contributed by atoms with Crippen molar-refractivity contribution in [2.24, 2.45) is 11.1 Å². The van der Waals surface area contributed by atoms with E-state index in [9.17, 15) is 4.79 Å². The van der Waals surface area contributed by atoms with E-state index in [0.29, 0.717) is 31.2 Å². The molecule has 142 valence electrons. The van der Waals surface area contributed by atoms with Gasteiger partial charge in [0.15, 0.2) is 0 Å². The van der Waals surface area contributed by atoms with Crippen LogP contribution in [0, 0.1) is 5.92 Å². The quantitative estimate of drug-likeness (QED) is 0.650. The predicted molar refractivity (Wildman–Crippen MR) is 99.1 cm³/mol. The summed E-state index contributed by atoms with van der Waals surface area (Å²) in [5, 5.41) is 6.88. The fourth-order valence-electron chi connectivity index (χ4n) is 3.15. The number of hydrogen-bond donors (Lipinski definition) is 1. The summed E-state index contributed by atoms with van der Waals surface area (Å²) < 4.78 is 11.0. The summed E-state index contributed by atoms with van der Waals surface area (Å²) >= 11 is 0. The molecule has 2 aliphatic heterocycles. The molecule has 2 heterocycles. The van der Waals surface area contributed by atoms with Crippen LogP contribution in [-0.2, 0) is 25.5 Å². The van der Waals surface area contributed by atoms with Crippen molar-refractivity contribution in [3.8, 4) is 0 Å². The van der Waals surface area contributed by atoms with Crippen LogP contribution < -0.4 is 5.32 Å². The van der Waals surface area contributed by atoms with Gasteiger partial charge in [-0.25, -0.2) is 0 Å². The lowest BCUT2D eigenvalue weighted by atomic mass is 10.1. The van der Waals surface area contributed by atoms with Crippen LogP contribution in [0.25, 0.3) is 0 Å². The number of amides is 1. The number of benzene rings is 1. The molecule has 1 N–H and O–H groups in total. The third-order valence-electron chi connectivity index (χ3n) is 4.76. The summed E-state index contributed by atoms with van der Waals surface area (Å²) in [5.41, 5.74) is 1.79. The molecule has 1 fully saturated rings. The molecular weight excluding hydrogens is 332 g/mol. The summed E-state index contributed by atoms with van der Waals surface area (Å²) in [4.78, 5) is 17.5. The maximum Gasteiger partial charge on any atom is 0.269 e. The third kappa shape index (κ3) is 6.11. The molecular formula is C20H28N2O4. The van der Waals surface area contributed by atoms with Crippen molar-refractivity contribution in [1.82, 2.24) is 5.32 Å². The van der Waals surface area contributed by atoms with Gasteiger partial charge in [-0.3, -0.25) is 4.79 Å². The molecule has 3 rings (SSSR count). The monoisotopic (exact) mass is 360 g/mol. The number of rotatable bonds is 10. The highest BCUT2D eigenvalue weighted by atomic mass is 16.6. The minimum Gasteiger partial charge on any atom is -0.392 e. The Labute approximate surface area is 154 Å². The molecule has 2 atom stereocenters. The zero-order chi connectivity index (χ0) is 18.0. The first-order valence-corrected chi connectivity index (χ1v) is 9.51. The molecule has 0 spiro atoms. The minimum atomic E-state index is -0.112. The SMILES string of the molecule is O=C(NCC1CCOC1)C1=NOC(CCCOCCc2ccccc2)C1. The number of nitrogens with zero attached hydrogens (tertiary/aromatic N) is 1. The number of nitrogens with one attached hydrogen (secondary N) is 1. The Hall–Kier alpha value is -1.92. The zero-order valence-electron chi connectivity index (χ0n) is 15.2. The average molecular weight is 360 g/mol. The number of carbonyl (C=O) groups excluding carboxylic acids is 1. The number of carbonyl (C=O) groups is 1. The highest BCUT2D eigenvalue weighted by Crippen LogP contribution is 2.16. The van der Waals surface area contributed by atoms with E-state index in [0.717, 1.165) is 45.5 Å². The fraction of sp³-hybridized carbons (Fsp3) is 0.600. The Bertz CT molecular complexity index is 585. The minimum absolute atomic E-state index is 0.0108. The molecule has 6 nitrogen and oxygen atoms in total. The van der Waals surface area contributed by atoms with Gasteiger partial charge in [-0.15, -0.1) is 0 Å². The second kappa shape index (κ2) is 10.3. The summed E-state index contributed by atoms with van der Waals surface area (Å²) in [6, 6.07) is 10.3. The van der Waals surface area contributed by atoms with Gasteiger partial charge in [-0.2, -0.15) is 0 Å². The first-order valence-electron chi connectivity index (χ1n) is 9.51. The van der Waals surface area contributed by atoms with Crippen LogP contribution in [-0.4, -0.2) is 50.7 Å². The van der Waals surface area contributed by atoms with Crippen molar-refractivity contribution >= 4 is 11.6 Å². The van der Waals surface area contributed by atoms with Gasteiger partial charge < -0.3 is 19.6 Å². The van der Waals surface area contributed by atoms with Gasteiger partial charge >= 0.3 is 0 Å². The van der Waals surface area contributed by atoms with Crippen molar-refractivity contribution in [2.75, 3.05) is 33.0 Å². The van der Waals surface area contributed by atoms with Crippen LogP contribution in [0.5, 0.6) is 0 Å². The van der Waals surface area contributed by atoms with Crippen molar-refractivity contribution in [1.29, 1.82) is 0 Å². The highest BCUT2D eigenvalue weighted by molar-refractivity contribution is 6.39. The number of oxime groups is 1. The highest BCUT2D eigenvalue weighted by Gasteiger charge is 2.26. The molecule has 1 saturated heterocycles. The first-order chi connectivity index (χ1) is 12.8. The van der Waals surface area contributed by atoms with Gasteiger partial charge in [0.05, 0.1) is 13.2 Å². The lowest BCUT2D eigenvalue weighted by Gasteiger charge is -2.09. The van der Waals surface area contributed by atoms with Crippen LogP contribution in [0.2, 0.25) is 0 Å². The molecule has 0 aromatic heterocycles. The molecule has 2 aliphatic rings. The topological polar surface area (TPSA) is 69.2 Å². The fourth-order valence-corrected chi connectivity index (χ4v) is 3.15. The maximum atomic E-state index is 12.1. The van der Waals surface area contributed by atoms with E-state index in [2.05, 4.69) is 22.6 Å². The van der Waals surface area contributed by atoms with E-state index in [1.807, 2.05) is 18.2 Å². The van der Waals surface area contributed by atoms with Crippen LogP contribution in [0.15, 0.2) is 35.5 Å². The van der Waals surface area contributed by atoms with E-state index in [-0.39, 0.29) is 12.0 Å². The smallest absolute Gasteiger partial charge is 0.269 e. The normalized spacial score (nSPS) is 22.1. The van der Waals surface area contributed by atoms with Gasteiger partial charge in [0.1, 0.15) is 11.8 Å². The molecule has 0 saturated carbocycles. The van der Waals surface area contributed by atoms with Crippen LogP contribution >= 0.6 is 0 Å². The lowest BCUT2D eigenvalue weighted by molar-refractivity contribution is -0.115. The van der Waals surface area contributed by atoms with Gasteiger partial charge in [0, 0.05) is 32.1 Å². The first kappa shape index (κ1) is 18.9. The van der Waals surface area contributed by atoms with E-state index in [1.165, 1.54) is 5.56 Å². The van der Waals surface area contributed by atoms with Gasteiger partial charge in [0.25, 0.3) is 5.91 Å². The molecule has 26 heavy (non-hydrogen) atoms. The number of ether oxygens (including phenoxy) is 2. The second-order valence-corrected chi connectivity index (χ2v) is 6.90. The van der Waals surface area contributed by atoms with Gasteiger partial charge in [-0.1, -0.05) is 35.5 Å². The lowest BCUT2D eigenvalue weighted by Crippen LogP contribution is -2.34. The van der Waals surface area contributed by atoms with Gasteiger partial charge in [-0.05, 0) is 31.2 Å². The van der Waals surface area contributed by atoms with Gasteiger partial charge in [0.2, 0.25) is 0 Å². The van der Waals surface area contributed by atoms with Crippen LogP contribution in [0.3, 0.4) is 0 Å². The van der Waals surface area contributed by atoms with Crippen LogP contribution in [0.4, 0.5) is 0 Å². The largest absolute Gasteiger partial charge is 0.392 e. The van der Waals surface area contributed by atoms with E-state index >= 15 is 0 Å². The molecule has 6 heteroatoms. The summed E-state index contributed by atoms with van der Waals surface area (Å²) in [7, 11) is 0. The standard InChI is InChI=1S/C20H28N2O4/c23-20(21-14-17-9-12-25-15-17)19-13-18(26-22-19)7-4-10-24-11-8-16-5-2-1-3-6-16/h1-3,5-6,17-18H,4,7-15H2,(H,21,23). The Morgan fingerprint density at radius 3 is 2.96 bits per heavy atom. The van der Waals surface area contributed by atoms with E-state index in [1.54, 1.807) is 0 Å². The second-order valence-electron chi connectivity index (χ2n) is 6.90. The Balaban J connectivity index is 1.22. The Morgan fingerprint density at radius 2 is 2.15 bits per heavy atom. The number of hydrogen-bond acceptors (Lipinski definition) is 5. The third-order valence-corrected chi connectivity index (χ3v) is 4.76. The molecule has 0 bridgehead atoms. The van der Waals surface area contributed by atoms with E-state index in [4.69, 9.17) is 14.3 Å². The maximum absolute atomic E-state index is 12.1. The van der Waals surface area contributed by atoms with Crippen molar-refractivity contribution in [2.45, 2.75) is 38.2 Å². The molecule has 1 aromatic carbocycles. The van der Waals surface area contributed by atoms with Crippen molar-refractivity contribution < 1.29 is 19.1 Å². The van der Waals surface area contributed by atoms with Crippen molar-refractivity contribution in [3.63, 3.8) is 0 Å². The average Bonchev–Trinajstić information content (AvgIpc) is 3.35. The summed E-state index contributed by atoms with van der Waals surface area (Å²) in [5.74, 6) is 0.309. The summed E-state index contributed by atoms with van der Waals surface area (Å²) in [6.45, 7) is 3.61. The Kier molecular flexibility index (Phi) is 7.46. The van der Waals surface area contributed by atoms with Crippen LogP contribution in [0.1, 0.15) is 31.2 Å². The molecule has 1 aromatic rings.